The number of hydrogen-bond acceptors (Lipinski definition) is 6. The molecule has 1 heterocycles. The molecule has 1 aliphatic heterocycles. The average molecular weight is 419 g/mol. The maximum absolute atomic E-state index is 12.3. The van der Waals surface area contributed by atoms with Crippen molar-refractivity contribution in [2.75, 3.05) is 46.1 Å². The lowest BCUT2D eigenvalue weighted by molar-refractivity contribution is -0.149. The van der Waals surface area contributed by atoms with Crippen LogP contribution in [0.15, 0.2) is 30.3 Å². The van der Waals surface area contributed by atoms with Crippen LogP contribution in [-0.4, -0.2) is 68.4 Å². The zero-order valence-corrected chi connectivity index (χ0v) is 17.8. The maximum atomic E-state index is 12.3. The Bertz CT molecular complexity index is 655. The lowest BCUT2D eigenvalue weighted by Gasteiger charge is -2.48. The first-order chi connectivity index (χ1) is 14.7. The summed E-state index contributed by atoms with van der Waals surface area (Å²) < 4.78 is 16.2. The van der Waals surface area contributed by atoms with Gasteiger partial charge in [-0.15, -0.1) is 0 Å². The van der Waals surface area contributed by atoms with Gasteiger partial charge in [-0.2, -0.15) is 0 Å². The second kappa shape index (κ2) is 11.9. The lowest BCUT2D eigenvalue weighted by atomic mass is 9.79. The number of morpholine rings is 1. The molecule has 30 heavy (non-hydrogen) atoms. The van der Waals surface area contributed by atoms with Crippen molar-refractivity contribution < 1.29 is 23.8 Å². The molecule has 0 bridgehead atoms. The standard InChI is InChI=1S/C23H34N2O5/c26-21(18-30-22(27)10-7-15-29-20-8-3-1-4-9-20)24-19-23(11-5-2-6-12-23)25-13-16-28-17-14-25/h1,3-4,8-9H,2,5-7,10-19H2,(H,24,26). The van der Waals surface area contributed by atoms with Crippen molar-refractivity contribution in [1.82, 2.24) is 10.2 Å². The van der Waals surface area contributed by atoms with E-state index in [9.17, 15) is 9.59 Å². The normalized spacial score (nSPS) is 19.1. The zero-order valence-electron chi connectivity index (χ0n) is 17.8. The van der Waals surface area contributed by atoms with Crippen LogP contribution in [0.5, 0.6) is 5.75 Å². The Kier molecular flexibility index (Phi) is 8.96. The smallest absolute Gasteiger partial charge is 0.306 e. The molecule has 0 radical (unpaired) electrons. The fraction of sp³-hybridized carbons (Fsp3) is 0.652. The zero-order chi connectivity index (χ0) is 21.1. The predicted octanol–water partition coefficient (Wildman–Crippen LogP) is 2.54. The van der Waals surface area contributed by atoms with Gasteiger partial charge in [0.1, 0.15) is 5.75 Å². The molecule has 166 valence electrons. The van der Waals surface area contributed by atoms with Gasteiger partial charge in [0, 0.05) is 31.6 Å². The van der Waals surface area contributed by atoms with Gasteiger partial charge in [0.25, 0.3) is 5.91 Å². The van der Waals surface area contributed by atoms with Gasteiger partial charge in [-0.05, 0) is 31.4 Å². The highest BCUT2D eigenvalue weighted by atomic mass is 16.5. The van der Waals surface area contributed by atoms with E-state index >= 15 is 0 Å². The summed E-state index contributed by atoms with van der Waals surface area (Å²) in [5.74, 6) is 0.173. The van der Waals surface area contributed by atoms with Crippen molar-refractivity contribution >= 4 is 11.9 Å². The third-order valence-electron chi connectivity index (χ3n) is 5.98. The van der Waals surface area contributed by atoms with Gasteiger partial charge in [0.05, 0.1) is 19.8 Å². The third kappa shape index (κ3) is 6.99. The van der Waals surface area contributed by atoms with Gasteiger partial charge in [-0.1, -0.05) is 37.5 Å². The second-order valence-corrected chi connectivity index (χ2v) is 8.09. The van der Waals surface area contributed by atoms with E-state index in [0.717, 1.165) is 44.9 Å². The summed E-state index contributed by atoms with van der Waals surface area (Å²) in [6, 6.07) is 9.47. The molecular formula is C23H34N2O5. The van der Waals surface area contributed by atoms with E-state index < -0.39 is 0 Å². The molecule has 0 aromatic heterocycles. The highest BCUT2D eigenvalue weighted by molar-refractivity contribution is 5.80. The molecule has 0 atom stereocenters. The first-order valence-electron chi connectivity index (χ1n) is 11.1. The Balaban J connectivity index is 1.33. The summed E-state index contributed by atoms with van der Waals surface area (Å²) in [6.45, 7) is 4.15. The van der Waals surface area contributed by atoms with Crippen LogP contribution < -0.4 is 10.1 Å². The number of carbonyl (C=O) groups is 2. The fourth-order valence-corrected chi connectivity index (χ4v) is 4.31. The Labute approximate surface area is 179 Å². The summed E-state index contributed by atoms with van der Waals surface area (Å²) >= 11 is 0. The van der Waals surface area contributed by atoms with E-state index in [1.54, 1.807) is 0 Å². The minimum atomic E-state index is -0.373. The molecule has 0 unspecified atom stereocenters. The van der Waals surface area contributed by atoms with Gasteiger partial charge in [0.2, 0.25) is 0 Å². The van der Waals surface area contributed by atoms with Gasteiger partial charge < -0.3 is 19.5 Å². The second-order valence-electron chi connectivity index (χ2n) is 8.09. The topological polar surface area (TPSA) is 77.1 Å². The molecule has 1 aliphatic carbocycles. The summed E-state index contributed by atoms with van der Waals surface area (Å²) in [7, 11) is 0. The monoisotopic (exact) mass is 418 g/mol. The number of rotatable bonds is 10. The van der Waals surface area contributed by atoms with E-state index in [1.807, 2.05) is 30.3 Å². The molecule has 7 heteroatoms. The molecule has 1 amide bonds. The third-order valence-corrected chi connectivity index (χ3v) is 5.98. The Morgan fingerprint density at radius 3 is 2.53 bits per heavy atom. The van der Waals surface area contributed by atoms with Gasteiger partial charge >= 0.3 is 5.97 Å². The Morgan fingerprint density at radius 2 is 1.80 bits per heavy atom. The number of carbonyl (C=O) groups excluding carboxylic acids is 2. The van der Waals surface area contributed by atoms with Crippen LogP contribution in [0.25, 0.3) is 0 Å². The Hall–Kier alpha value is -2.12. The average Bonchev–Trinajstić information content (AvgIpc) is 2.81. The van der Waals surface area contributed by atoms with Crippen LogP contribution in [0.4, 0.5) is 0 Å². The van der Waals surface area contributed by atoms with Crippen LogP contribution in [0, 0.1) is 0 Å². The number of esters is 1. The molecule has 1 saturated carbocycles. The molecule has 2 aliphatic rings. The lowest BCUT2D eigenvalue weighted by Crippen LogP contribution is -2.59. The van der Waals surface area contributed by atoms with Crippen LogP contribution in [-0.2, 0) is 19.1 Å². The minimum Gasteiger partial charge on any atom is -0.494 e. The highest BCUT2D eigenvalue weighted by Gasteiger charge is 2.38. The number of amides is 1. The minimum absolute atomic E-state index is 0.0104. The van der Waals surface area contributed by atoms with Crippen molar-refractivity contribution in [3.63, 3.8) is 0 Å². The van der Waals surface area contributed by atoms with Crippen molar-refractivity contribution in [1.29, 1.82) is 0 Å². The summed E-state index contributed by atoms with van der Waals surface area (Å²) in [5, 5.41) is 3.01. The highest BCUT2D eigenvalue weighted by Crippen LogP contribution is 2.33. The van der Waals surface area contributed by atoms with Crippen LogP contribution >= 0.6 is 0 Å². The first kappa shape index (κ1) is 22.6. The predicted molar refractivity (Wildman–Crippen MR) is 113 cm³/mol. The summed E-state index contributed by atoms with van der Waals surface area (Å²) in [4.78, 5) is 26.6. The molecule has 7 nitrogen and oxygen atoms in total. The number of para-hydroxylation sites is 1. The number of nitrogens with zero attached hydrogens (tertiary/aromatic N) is 1. The molecule has 2 fully saturated rings. The van der Waals surface area contributed by atoms with Gasteiger partial charge in [0.15, 0.2) is 6.61 Å². The molecule has 1 aromatic rings. The van der Waals surface area contributed by atoms with E-state index in [0.29, 0.717) is 19.6 Å². The number of ether oxygens (including phenoxy) is 3. The van der Waals surface area contributed by atoms with Crippen molar-refractivity contribution in [2.24, 2.45) is 0 Å². The van der Waals surface area contributed by atoms with Crippen molar-refractivity contribution in [3.05, 3.63) is 30.3 Å². The molecule has 1 aromatic carbocycles. The summed E-state index contributed by atoms with van der Waals surface area (Å²) in [5.41, 5.74) is 0.0104. The summed E-state index contributed by atoms with van der Waals surface area (Å²) in [6.07, 6.45) is 6.60. The van der Waals surface area contributed by atoms with Crippen LogP contribution in [0.2, 0.25) is 0 Å². The number of benzene rings is 1. The molecule has 0 spiro atoms. The van der Waals surface area contributed by atoms with Crippen LogP contribution in [0.3, 0.4) is 0 Å². The quantitative estimate of drug-likeness (QED) is 0.465. The molecule has 3 rings (SSSR count). The maximum Gasteiger partial charge on any atom is 0.306 e. The van der Waals surface area contributed by atoms with Crippen molar-refractivity contribution in [2.45, 2.75) is 50.5 Å². The van der Waals surface area contributed by atoms with E-state index in [2.05, 4.69) is 10.2 Å². The SMILES string of the molecule is O=C(COC(=O)CCCOc1ccccc1)NCC1(N2CCOCC2)CCCCC1. The van der Waals surface area contributed by atoms with Gasteiger partial charge in [-0.25, -0.2) is 0 Å². The molecule has 1 saturated heterocycles. The Morgan fingerprint density at radius 1 is 1.07 bits per heavy atom. The first-order valence-corrected chi connectivity index (χ1v) is 11.1. The largest absolute Gasteiger partial charge is 0.494 e. The fourth-order valence-electron chi connectivity index (χ4n) is 4.31. The van der Waals surface area contributed by atoms with E-state index in [-0.39, 0.29) is 30.4 Å². The molecular weight excluding hydrogens is 384 g/mol. The number of nitrogens with one attached hydrogen (secondary N) is 1. The van der Waals surface area contributed by atoms with Gasteiger partial charge in [-0.3, -0.25) is 14.5 Å². The van der Waals surface area contributed by atoms with E-state index in [1.165, 1.54) is 19.3 Å². The van der Waals surface area contributed by atoms with Crippen molar-refractivity contribution in [3.8, 4) is 5.75 Å². The van der Waals surface area contributed by atoms with Crippen LogP contribution in [0.1, 0.15) is 44.9 Å². The van der Waals surface area contributed by atoms with E-state index in [4.69, 9.17) is 14.2 Å². The molecule has 1 N–H and O–H groups in total. The number of hydrogen-bond donors (Lipinski definition) is 1.